The highest BCUT2D eigenvalue weighted by atomic mass is 16.5. The summed E-state index contributed by atoms with van der Waals surface area (Å²) >= 11 is 0. The number of amidine groups is 1. The van der Waals surface area contributed by atoms with Gasteiger partial charge in [-0.1, -0.05) is 0 Å². The number of hydrogen-bond donors (Lipinski definition) is 2. The van der Waals surface area contributed by atoms with E-state index in [2.05, 4.69) is 28.7 Å². The van der Waals surface area contributed by atoms with E-state index in [4.69, 9.17) is 15.9 Å². The fourth-order valence-electron chi connectivity index (χ4n) is 0.931. The van der Waals surface area contributed by atoms with Crippen molar-refractivity contribution in [2.45, 2.75) is 19.4 Å². The monoisotopic (exact) mass is 237 g/mol. The van der Waals surface area contributed by atoms with Gasteiger partial charge in [-0.25, -0.2) is 4.98 Å². The minimum absolute atomic E-state index is 0.0934. The van der Waals surface area contributed by atoms with Crippen LogP contribution in [0.2, 0.25) is 0 Å². The van der Waals surface area contributed by atoms with E-state index in [0.29, 0.717) is 12.3 Å². The lowest BCUT2D eigenvalue weighted by Crippen LogP contribution is -2.43. The van der Waals surface area contributed by atoms with Crippen LogP contribution in [0.5, 0.6) is 6.01 Å². The summed E-state index contributed by atoms with van der Waals surface area (Å²) in [6, 6.07) is 1.82. The Morgan fingerprint density at radius 1 is 1.53 bits per heavy atom. The van der Waals surface area contributed by atoms with Crippen LogP contribution in [-0.4, -0.2) is 46.9 Å². The van der Waals surface area contributed by atoms with Crippen molar-refractivity contribution in [1.82, 2.24) is 14.9 Å². The number of likely N-dealkylation sites (N-methyl/N-ethyl adjacent to an activating group) is 1. The second kappa shape index (κ2) is 5.09. The van der Waals surface area contributed by atoms with Gasteiger partial charge in [-0.3, -0.25) is 5.41 Å². The predicted octanol–water partition coefficient (Wildman–Crippen LogP) is 0.480. The van der Waals surface area contributed by atoms with Gasteiger partial charge in [0.1, 0.15) is 18.1 Å². The summed E-state index contributed by atoms with van der Waals surface area (Å²) in [6.45, 7) is 4.57. The molecule has 0 aliphatic rings. The standard InChI is InChI=1S/C11H19N5O/c1-11(2,16(3)4)7-17-10-14-6-5-8(15-10)9(12)13/h5-6H,7H2,1-4H3,(H3,12,13). The zero-order chi connectivity index (χ0) is 13.1. The minimum atomic E-state index is -0.115. The molecule has 0 bridgehead atoms. The van der Waals surface area contributed by atoms with Crippen LogP contribution in [0.1, 0.15) is 19.5 Å². The number of rotatable bonds is 5. The summed E-state index contributed by atoms with van der Waals surface area (Å²) in [4.78, 5) is 10.1. The molecule has 17 heavy (non-hydrogen) atoms. The second-order valence-corrected chi connectivity index (χ2v) is 4.63. The predicted molar refractivity (Wildman–Crippen MR) is 66.3 cm³/mol. The highest BCUT2D eigenvalue weighted by Crippen LogP contribution is 2.12. The molecule has 0 aliphatic heterocycles. The second-order valence-electron chi connectivity index (χ2n) is 4.63. The molecule has 0 aromatic carbocycles. The fourth-order valence-corrected chi connectivity index (χ4v) is 0.931. The van der Waals surface area contributed by atoms with Crippen LogP contribution in [0, 0.1) is 5.41 Å². The van der Waals surface area contributed by atoms with Crippen molar-refractivity contribution in [3.05, 3.63) is 18.0 Å². The first kappa shape index (κ1) is 13.4. The van der Waals surface area contributed by atoms with Gasteiger partial charge < -0.3 is 15.4 Å². The Morgan fingerprint density at radius 3 is 2.71 bits per heavy atom. The molecule has 1 aromatic rings. The number of hydrogen-bond acceptors (Lipinski definition) is 5. The first-order chi connectivity index (χ1) is 7.83. The van der Waals surface area contributed by atoms with Gasteiger partial charge in [0.05, 0.1) is 0 Å². The summed E-state index contributed by atoms with van der Waals surface area (Å²) < 4.78 is 5.51. The number of aromatic nitrogens is 2. The molecule has 0 radical (unpaired) electrons. The average molecular weight is 237 g/mol. The number of nitrogens with two attached hydrogens (primary N) is 1. The first-order valence-corrected chi connectivity index (χ1v) is 5.30. The maximum Gasteiger partial charge on any atom is 0.317 e. The molecular formula is C11H19N5O. The van der Waals surface area contributed by atoms with E-state index in [1.807, 2.05) is 14.1 Å². The lowest BCUT2D eigenvalue weighted by atomic mass is 10.1. The van der Waals surface area contributed by atoms with Gasteiger partial charge in [0.2, 0.25) is 0 Å². The van der Waals surface area contributed by atoms with E-state index in [-0.39, 0.29) is 17.4 Å². The van der Waals surface area contributed by atoms with Crippen molar-refractivity contribution >= 4 is 5.84 Å². The molecule has 0 fully saturated rings. The van der Waals surface area contributed by atoms with Gasteiger partial charge in [0.25, 0.3) is 0 Å². The van der Waals surface area contributed by atoms with Crippen molar-refractivity contribution in [3.63, 3.8) is 0 Å². The van der Waals surface area contributed by atoms with Crippen LogP contribution < -0.4 is 10.5 Å². The van der Waals surface area contributed by atoms with Crippen molar-refractivity contribution in [1.29, 1.82) is 5.41 Å². The highest BCUT2D eigenvalue weighted by molar-refractivity contribution is 5.92. The molecule has 0 atom stereocenters. The van der Waals surface area contributed by atoms with Gasteiger partial charge >= 0.3 is 6.01 Å². The molecule has 0 saturated carbocycles. The third kappa shape index (κ3) is 3.67. The molecule has 0 aliphatic carbocycles. The lowest BCUT2D eigenvalue weighted by molar-refractivity contribution is 0.108. The Labute approximate surface area is 101 Å². The number of nitrogens with zero attached hydrogens (tertiary/aromatic N) is 3. The number of nitrogens with one attached hydrogen (secondary N) is 1. The van der Waals surface area contributed by atoms with Crippen LogP contribution in [0.15, 0.2) is 12.3 Å². The quantitative estimate of drug-likeness (QED) is 0.574. The summed E-state index contributed by atoms with van der Waals surface area (Å²) in [5, 5.41) is 7.28. The molecule has 1 aromatic heterocycles. The largest absolute Gasteiger partial charge is 0.461 e. The zero-order valence-electron chi connectivity index (χ0n) is 10.7. The summed E-state index contributed by atoms with van der Waals surface area (Å²) in [7, 11) is 3.96. The Bertz CT molecular complexity index is 403. The van der Waals surface area contributed by atoms with Crippen molar-refractivity contribution in [3.8, 4) is 6.01 Å². The molecule has 0 unspecified atom stereocenters. The summed E-state index contributed by atoms with van der Waals surface area (Å²) in [5.74, 6) is -0.0934. The maximum atomic E-state index is 7.28. The van der Waals surface area contributed by atoms with E-state index in [1.165, 1.54) is 6.20 Å². The van der Waals surface area contributed by atoms with Crippen LogP contribution in [0.25, 0.3) is 0 Å². The van der Waals surface area contributed by atoms with E-state index in [1.54, 1.807) is 6.07 Å². The molecule has 6 heteroatoms. The molecule has 1 rings (SSSR count). The van der Waals surface area contributed by atoms with E-state index in [0.717, 1.165) is 0 Å². The smallest absolute Gasteiger partial charge is 0.317 e. The van der Waals surface area contributed by atoms with Gasteiger partial charge in [0, 0.05) is 11.7 Å². The summed E-state index contributed by atoms with van der Waals surface area (Å²) in [5.41, 5.74) is 5.60. The van der Waals surface area contributed by atoms with E-state index >= 15 is 0 Å². The topological polar surface area (TPSA) is 88.1 Å². The Kier molecular flexibility index (Phi) is 4.01. The maximum absolute atomic E-state index is 7.28. The molecule has 3 N–H and O–H groups in total. The van der Waals surface area contributed by atoms with Crippen LogP contribution in [-0.2, 0) is 0 Å². The minimum Gasteiger partial charge on any atom is -0.461 e. The third-order valence-corrected chi connectivity index (χ3v) is 2.67. The molecule has 94 valence electrons. The molecule has 0 saturated heterocycles. The van der Waals surface area contributed by atoms with Crippen LogP contribution >= 0.6 is 0 Å². The van der Waals surface area contributed by atoms with Crippen molar-refractivity contribution in [2.75, 3.05) is 20.7 Å². The van der Waals surface area contributed by atoms with Crippen molar-refractivity contribution < 1.29 is 4.74 Å². The normalized spacial score (nSPS) is 11.6. The van der Waals surface area contributed by atoms with Gasteiger partial charge in [-0.2, -0.15) is 4.98 Å². The van der Waals surface area contributed by atoms with Gasteiger partial charge in [-0.15, -0.1) is 0 Å². The zero-order valence-corrected chi connectivity index (χ0v) is 10.7. The highest BCUT2D eigenvalue weighted by Gasteiger charge is 2.21. The van der Waals surface area contributed by atoms with Crippen LogP contribution in [0.3, 0.4) is 0 Å². The Morgan fingerprint density at radius 2 is 2.18 bits per heavy atom. The fraction of sp³-hybridized carbons (Fsp3) is 0.545. The molecule has 0 amide bonds. The first-order valence-electron chi connectivity index (χ1n) is 5.30. The molecular weight excluding hydrogens is 218 g/mol. The number of ether oxygens (including phenoxy) is 1. The van der Waals surface area contributed by atoms with Gasteiger partial charge in [0.15, 0.2) is 0 Å². The van der Waals surface area contributed by atoms with Crippen molar-refractivity contribution in [2.24, 2.45) is 5.73 Å². The average Bonchev–Trinajstić information content (AvgIpc) is 2.26. The number of nitrogen functional groups attached to an aromatic ring is 1. The van der Waals surface area contributed by atoms with Crippen LogP contribution in [0.4, 0.5) is 0 Å². The third-order valence-electron chi connectivity index (χ3n) is 2.67. The summed E-state index contributed by atoms with van der Waals surface area (Å²) in [6.07, 6.45) is 1.53. The van der Waals surface area contributed by atoms with E-state index < -0.39 is 0 Å². The Balaban J connectivity index is 2.70. The molecule has 1 heterocycles. The molecule has 0 spiro atoms. The Hall–Kier alpha value is -1.69. The van der Waals surface area contributed by atoms with Gasteiger partial charge in [-0.05, 0) is 34.0 Å². The molecule has 6 nitrogen and oxygen atoms in total. The van der Waals surface area contributed by atoms with E-state index in [9.17, 15) is 0 Å². The SMILES string of the molecule is CN(C)C(C)(C)COc1nccc(C(=N)N)n1. The lowest BCUT2D eigenvalue weighted by Gasteiger charge is -2.31.